The van der Waals surface area contributed by atoms with E-state index in [0.717, 1.165) is 26.3 Å². The third-order valence-corrected chi connectivity index (χ3v) is 9.96. The summed E-state index contributed by atoms with van der Waals surface area (Å²) in [5.74, 6) is 0. The first-order chi connectivity index (χ1) is 12.4. The largest absolute Gasteiger partial charge is 0.379 e. The van der Waals surface area contributed by atoms with Crippen LogP contribution in [0.3, 0.4) is 0 Å². The number of hydrogen-bond acceptors (Lipinski definition) is 2. The minimum atomic E-state index is -2.27. The quantitative estimate of drug-likeness (QED) is 0.530. The van der Waals surface area contributed by atoms with Crippen LogP contribution in [-0.2, 0) is 4.74 Å². The van der Waals surface area contributed by atoms with Gasteiger partial charge in [0.2, 0.25) is 8.24 Å². The molecule has 3 aromatic rings. The van der Waals surface area contributed by atoms with Crippen molar-refractivity contribution in [2.75, 3.05) is 26.3 Å². The number of benzene rings is 3. The lowest BCUT2D eigenvalue weighted by atomic mass is 10.3. The van der Waals surface area contributed by atoms with Crippen LogP contribution < -0.4 is 15.6 Å². The molecule has 126 valence electrons. The van der Waals surface area contributed by atoms with Gasteiger partial charge in [0.1, 0.15) is 0 Å². The maximum absolute atomic E-state index is 5.68. The molecule has 25 heavy (non-hydrogen) atoms. The smallest absolute Gasteiger partial charge is 0.225 e. The van der Waals surface area contributed by atoms with E-state index in [2.05, 4.69) is 95.6 Å². The number of hydrogen-bond donors (Lipinski definition) is 0. The SMILES string of the molecule is c1ccc([Si](c2ccccc2)(c2ccccc2)N2CCOCC2)cc1. The van der Waals surface area contributed by atoms with Crippen LogP contribution >= 0.6 is 0 Å². The molecule has 2 nitrogen and oxygen atoms in total. The van der Waals surface area contributed by atoms with Crippen molar-refractivity contribution >= 4 is 23.8 Å². The third kappa shape index (κ3) is 2.95. The summed E-state index contributed by atoms with van der Waals surface area (Å²) < 4.78 is 8.39. The highest BCUT2D eigenvalue weighted by Gasteiger charge is 2.45. The fourth-order valence-electron chi connectivity index (χ4n) is 3.98. The molecule has 0 radical (unpaired) electrons. The van der Waals surface area contributed by atoms with E-state index in [1.165, 1.54) is 15.6 Å². The van der Waals surface area contributed by atoms with Crippen molar-refractivity contribution in [3.05, 3.63) is 91.0 Å². The summed E-state index contributed by atoms with van der Waals surface area (Å²) >= 11 is 0. The summed E-state index contributed by atoms with van der Waals surface area (Å²) in [7, 11) is -2.27. The van der Waals surface area contributed by atoms with Crippen molar-refractivity contribution in [3.8, 4) is 0 Å². The van der Waals surface area contributed by atoms with Crippen molar-refractivity contribution < 1.29 is 4.74 Å². The highest BCUT2D eigenvalue weighted by Crippen LogP contribution is 2.15. The summed E-state index contributed by atoms with van der Waals surface area (Å²) in [5, 5.41) is 4.32. The van der Waals surface area contributed by atoms with Crippen LogP contribution in [-0.4, -0.2) is 39.1 Å². The Morgan fingerprint density at radius 3 is 1.28 bits per heavy atom. The predicted molar refractivity (Wildman–Crippen MR) is 106 cm³/mol. The Morgan fingerprint density at radius 1 is 0.560 bits per heavy atom. The van der Waals surface area contributed by atoms with Gasteiger partial charge in [0.05, 0.1) is 13.2 Å². The monoisotopic (exact) mass is 345 g/mol. The van der Waals surface area contributed by atoms with E-state index in [9.17, 15) is 0 Å². The highest BCUT2D eigenvalue weighted by atomic mass is 28.3. The topological polar surface area (TPSA) is 12.5 Å². The van der Waals surface area contributed by atoms with Crippen LogP contribution in [0.2, 0.25) is 0 Å². The van der Waals surface area contributed by atoms with Gasteiger partial charge >= 0.3 is 0 Å². The predicted octanol–water partition coefficient (Wildman–Crippen LogP) is 1.99. The summed E-state index contributed by atoms with van der Waals surface area (Å²) in [4.78, 5) is 0. The Bertz CT molecular complexity index is 689. The van der Waals surface area contributed by atoms with Crippen LogP contribution in [0.5, 0.6) is 0 Å². The second-order valence-corrected chi connectivity index (χ2v) is 10.2. The van der Waals surface area contributed by atoms with Gasteiger partial charge in [-0.05, 0) is 15.6 Å². The van der Waals surface area contributed by atoms with E-state index < -0.39 is 8.24 Å². The molecule has 0 N–H and O–H groups in total. The average molecular weight is 346 g/mol. The molecule has 1 aliphatic rings. The van der Waals surface area contributed by atoms with Crippen molar-refractivity contribution in [1.29, 1.82) is 0 Å². The Labute approximate surface area is 150 Å². The molecule has 0 bridgehead atoms. The number of morpholine rings is 1. The van der Waals surface area contributed by atoms with Gasteiger partial charge in [-0.1, -0.05) is 91.0 Å². The zero-order valence-electron chi connectivity index (χ0n) is 14.3. The molecule has 3 heteroatoms. The summed E-state index contributed by atoms with van der Waals surface area (Å²) in [6.45, 7) is 3.57. The van der Waals surface area contributed by atoms with Crippen LogP contribution in [0.25, 0.3) is 0 Å². The van der Waals surface area contributed by atoms with Gasteiger partial charge in [-0.15, -0.1) is 0 Å². The zero-order chi connectivity index (χ0) is 17.0. The standard InChI is InChI=1S/C22H23NOSi/c1-4-10-20(11-5-1)25(21-12-6-2-7-13-21,22-14-8-3-9-15-22)23-16-18-24-19-17-23/h1-15H,16-19H2. The van der Waals surface area contributed by atoms with Gasteiger partial charge in [0, 0.05) is 13.1 Å². The molecule has 1 aliphatic heterocycles. The Hall–Kier alpha value is -2.20. The molecule has 4 rings (SSSR count). The lowest BCUT2D eigenvalue weighted by Crippen LogP contribution is -2.78. The van der Waals surface area contributed by atoms with E-state index in [1.807, 2.05) is 0 Å². The second-order valence-electron chi connectivity index (χ2n) is 6.41. The van der Waals surface area contributed by atoms with Gasteiger partial charge in [0.25, 0.3) is 0 Å². The Kier molecular flexibility index (Phi) is 4.79. The summed E-state index contributed by atoms with van der Waals surface area (Å²) in [6, 6.07) is 33.2. The highest BCUT2D eigenvalue weighted by molar-refractivity contribution is 7.09. The summed E-state index contributed by atoms with van der Waals surface area (Å²) in [6.07, 6.45) is 0. The van der Waals surface area contributed by atoms with Crippen LogP contribution in [0, 0.1) is 0 Å². The first-order valence-electron chi connectivity index (χ1n) is 8.92. The van der Waals surface area contributed by atoms with Crippen LogP contribution in [0.4, 0.5) is 0 Å². The minimum absolute atomic E-state index is 0.807. The molecule has 0 amide bonds. The lowest BCUT2D eigenvalue weighted by molar-refractivity contribution is 0.0707. The summed E-state index contributed by atoms with van der Waals surface area (Å²) in [5.41, 5.74) is 0. The Balaban J connectivity index is 2.01. The van der Waals surface area contributed by atoms with Crippen molar-refractivity contribution in [2.24, 2.45) is 0 Å². The molecule has 1 saturated heterocycles. The minimum Gasteiger partial charge on any atom is -0.379 e. The van der Waals surface area contributed by atoms with E-state index in [0.29, 0.717) is 0 Å². The molecular weight excluding hydrogens is 322 g/mol. The molecule has 0 unspecified atom stereocenters. The molecule has 0 saturated carbocycles. The average Bonchev–Trinajstić information content (AvgIpc) is 2.72. The lowest BCUT2D eigenvalue weighted by Gasteiger charge is -2.45. The van der Waals surface area contributed by atoms with Crippen molar-refractivity contribution in [3.63, 3.8) is 0 Å². The van der Waals surface area contributed by atoms with Gasteiger partial charge < -0.3 is 9.30 Å². The fraction of sp³-hybridized carbons (Fsp3) is 0.182. The fourth-order valence-corrected chi connectivity index (χ4v) is 8.96. The van der Waals surface area contributed by atoms with Gasteiger partial charge in [-0.3, -0.25) is 0 Å². The van der Waals surface area contributed by atoms with Gasteiger partial charge in [-0.25, -0.2) is 0 Å². The normalized spacial score (nSPS) is 15.8. The van der Waals surface area contributed by atoms with Crippen molar-refractivity contribution in [2.45, 2.75) is 0 Å². The van der Waals surface area contributed by atoms with E-state index in [-0.39, 0.29) is 0 Å². The number of rotatable bonds is 4. The van der Waals surface area contributed by atoms with Crippen LogP contribution in [0.1, 0.15) is 0 Å². The molecule has 3 aromatic carbocycles. The van der Waals surface area contributed by atoms with E-state index >= 15 is 0 Å². The van der Waals surface area contributed by atoms with Crippen molar-refractivity contribution in [1.82, 2.24) is 4.57 Å². The first-order valence-corrected chi connectivity index (χ1v) is 10.9. The van der Waals surface area contributed by atoms with E-state index in [4.69, 9.17) is 4.74 Å². The Morgan fingerprint density at radius 2 is 0.920 bits per heavy atom. The van der Waals surface area contributed by atoms with Crippen LogP contribution in [0.15, 0.2) is 91.0 Å². The number of nitrogens with zero attached hydrogens (tertiary/aromatic N) is 1. The first kappa shape index (κ1) is 16.3. The molecule has 1 heterocycles. The molecule has 0 aliphatic carbocycles. The molecule has 1 fully saturated rings. The second kappa shape index (κ2) is 7.36. The zero-order valence-corrected chi connectivity index (χ0v) is 15.3. The molecule has 0 atom stereocenters. The van der Waals surface area contributed by atoms with Gasteiger partial charge in [-0.2, -0.15) is 0 Å². The van der Waals surface area contributed by atoms with Gasteiger partial charge in [0.15, 0.2) is 0 Å². The molecule has 0 aromatic heterocycles. The van der Waals surface area contributed by atoms with E-state index in [1.54, 1.807) is 0 Å². The maximum Gasteiger partial charge on any atom is 0.225 e. The third-order valence-electron chi connectivity index (χ3n) is 5.06. The molecule has 0 spiro atoms. The molecular formula is C22H23NOSi. The number of ether oxygens (including phenoxy) is 1. The maximum atomic E-state index is 5.68.